The third-order valence-electron chi connectivity index (χ3n) is 4.02. The quantitative estimate of drug-likeness (QED) is 0.635. The van der Waals surface area contributed by atoms with Crippen LogP contribution in [-0.4, -0.2) is 31.1 Å². The van der Waals surface area contributed by atoms with Crippen molar-refractivity contribution in [2.75, 3.05) is 13.2 Å². The highest BCUT2D eigenvalue weighted by atomic mass is 16.7. The molecule has 1 aliphatic carbocycles. The minimum atomic E-state index is -0.493. The fraction of sp³-hybridized carbons (Fsp3) is 0.917. The van der Waals surface area contributed by atoms with Crippen LogP contribution in [0.3, 0.4) is 0 Å². The van der Waals surface area contributed by atoms with Crippen LogP contribution in [0, 0.1) is 11.3 Å². The highest BCUT2D eigenvalue weighted by Crippen LogP contribution is 2.61. The number of carbonyl (C=O) groups excluding carboxylic acids is 1. The molecule has 16 heavy (non-hydrogen) atoms. The van der Waals surface area contributed by atoms with Gasteiger partial charge < -0.3 is 14.2 Å². The second-order valence-corrected chi connectivity index (χ2v) is 5.57. The Labute approximate surface area is 95.2 Å². The number of esters is 1. The van der Waals surface area contributed by atoms with Crippen molar-refractivity contribution < 1.29 is 19.0 Å². The zero-order valence-corrected chi connectivity index (χ0v) is 9.82. The molecule has 0 N–H and O–H groups in total. The van der Waals surface area contributed by atoms with Crippen molar-refractivity contribution in [1.29, 1.82) is 0 Å². The van der Waals surface area contributed by atoms with E-state index < -0.39 is 5.79 Å². The molecule has 3 atom stereocenters. The highest BCUT2D eigenvalue weighted by molar-refractivity contribution is 5.81. The van der Waals surface area contributed by atoms with Crippen molar-refractivity contribution in [3.05, 3.63) is 0 Å². The summed E-state index contributed by atoms with van der Waals surface area (Å²) in [6, 6.07) is 0. The van der Waals surface area contributed by atoms with Crippen molar-refractivity contribution in [2.45, 2.75) is 45.0 Å². The summed E-state index contributed by atoms with van der Waals surface area (Å²) >= 11 is 0. The van der Waals surface area contributed by atoms with Crippen LogP contribution >= 0.6 is 0 Å². The molecule has 3 fully saturated rings. The molecule has 3 aliphatic rings. The van der Waals surface area contributed by atoms with E-state index >= 15 is 0 Å². The molecule has 0 unspecified atom stereocenters. The molecular formula is C12H18O4. The summed E-state index contributed by atoms with van der Waals surface area (Å²) in [4.78, 5) is 11.8. The fourth-order valence-corrected chi connectivity index (χ4v) is 3.05. The van der Waals surface area contributed by atoms with Gasteiger partial charge in [0.1, 0.15) is 0 Å². The number of hydrogen-bond donors (Lipinski definition) is 0. The van der Waals surface area contributed by atoms with E-state index in [9.17, 15) is 4.79 Å². The predicted molar refractivity (Wildman–Crippen MR) is 55.6 cm³/mol. The van der Waals surface area contributed by atoms with Crippen molar-refractivity contribution in [2.24, 2.45) is 11.3 Å². The molecule has 1 saturated carbocycles. The van der Waals surface area contributed by atoms with Gasteiger partial charge in [0.05, 0.1) is 24.7 Å². The van der Waals surface area contributed by atoms with Crippen LogP contribution in [0.2, 0.25) is 0 Å². The Bertz CT molecular complexity index is 325. The number of carbonyl (C=O) groups is 1. The lowest BCUT2D eigenvalue weighted by atomic mass is 9.93. The van der Waals surface area contributed by atoms with Crippen LogP contribution in [0.4, 0.5) is 0 Å². The summed E-state index contributed by atoms with van der Waals surface area (Å²) in [5, 5.41) is 0. The zero-order valence-electron chi connectivity index (χ0n) is 9.82. The second kappa shape index (κ2) is 3.20. The molecule has 1 spiro atoms. The van der Waals surface area contributed by atoms with Crippen molar-refractivity contribution in [3.63, 3.8) is 0 Å². The summed E-state index contributed by atoms with van der Waals surface area (Å²) < 4.78 is 16.5. The lowest BCUT2D eigenvalue weighted by Gasteiger charge is -2.23. The van der Waals surface area contributed by atoms with Crippen molar-refractivity contribution >= 4 is 5.97 Å². The molecule has 0 bridgehead atoms. The smallest absolute Gasteiger partial charge is 0.312 e. The average Bonchev–Trinajstić information content (AvgIpc) is 2.83. The van der Waals surface area contributed by atoms with Gasteiger partial charge in [-0.15, -0.1) is 0 Å². The maximum Gasteiger partial charge on any atom is 0.312 e. The Morgan fingerprint density at radius 2 is 2.19 bits per heavy atom. The van der Waals surface area contributed by atoms with E-state index in [1.807, 2.05) is 13.8 Å². The Hall–Kier alpha value is -0.610. The van der Waals surface area contributed by atoms with Crippen LogP contribution in [0.15, 0.2) is 0 Å². The number of cyclic esters (lactones) is 1. The Morgan fingerprint density at radius 1 is 1.38 bits per heavy atom. The topological polar surface area (TPSA) is 44.8 Å². The molecule has 3 rings (SSSR count). The first-order chi connectivity index (χ1) is 7.54. The molecule has 4 nitrogen and oxygen atoms in total. The normalized spacial score (nSPS) is 45.8. The van der Waals surface area contributed by atoms with E-state index in [0.717, 1.165) is 19.3 Å². The third kappa shape index (κ3) is 1.47. The van der Waals surface area contributed by atoms with Gasteiger partial charge in [0.15, 0.2) is 5.79 Å². The summed E-state index contributed by atoms with van der Waals surface area (Å²) in [5.74, 6) is -0.202. The van der Waals surface area contributed by atoms with Crippen molar-refractivity contribution in [3.8, 4) is 0 Å². The second-order valence-electron chi connectivity index (χ2n) is 5.57. The SMILES string of the molecule is CC1(C)OC[C@H]([C@@H]2C[C@]23CCCOC3=O)O1. The fourth-order valence-electron chi connectivity index (χ4n) is 3.05. The minimum absolute atomic E-state index is 0.0166. The van der Waals surface area contributed by atoms with Crippen LogP contribution in [0.5, 0.6) is 0 Å². The van der Waals surface area contributed by atoms with Gasteiger partial charge in [0, 0.05) is 5.92 Å². The first kappa shape index (κ1) is 10.5. The first-order valence-corrected chi connectivity index (χ1v) is 6.03. The van der Waals surface area contributed by atoms with E-state index in [1.54, 1.807) is 0 Å². The van der Waals surface area contributed by atoms with E-state index in [1.165, 1.54) is 0 Å². The van der Waals surface area contributed by atoms with Gasteiger partial charge in [-0.2, -0.15) is 0 Å². The molecule has 0 aromatic rings. The summed E-state index contributed by atoms with van der Waals surface area (Å²) in [6.45, 7) is 5.02. The van der Waals surface area contributed by atoms with Crippen LogP contribution in [0.25, 0.3) is 0 Å². The van der Waals surface area contributed by atoms with Gasteiger partial charge >= 0.3 is 5.97 Å². The monoisotopic (exact) mass is 226 g/mol. The highest BCUT2D eigenvalue weighted by Gasteiger charge is 2.66. The molecule has 2 aliphatic heterocycles. The van der Waals surface area contributed by atoms with Crippen LogP contribution in [0.1, 0.15) is 33.1 Å². The van der Waals surface area contributed by atoms with E-state index in [0.29, 0.717) is 19.1 Å². The number of hydrogen-bond acceptors (Lipinski definition) is 4. The summed E-state index contributed by atoms with van der Waals surface area (Å²) in [6.07, 6.45) is 2.92. The van der Waals surface area contributed by atoms with Gasteiger partial charge in [0.2, 0.25) is 0 Å². The summed E-state index contributed by atoms with van der Waals surface area (Å²) in [7, 11) is 0. The zero-order chi connectivity index (χ0) is 11.4. The lowest BCUT2D eigenvalue weighted by Crippen LogP contribution is -2.31. The maximum absolute atomic E-state index is 11.8. The molecule has 90 valence electrons. The Morgan fingerprint density at radius 3 is 2.81 bits per heavy atom. The number of rotatable bonds is 1. The van der Waals surface area contributed by atoms with Gasteiger partial charge in [-0.3, -0.25) is 4.79 Å². The lowest BCUT2D eigenvalue weighted by molar-refractivity contribution is -0.159. The van der Waals surface area contributed by atoms with Crippen molar-refractivity contribution in [1.82, 2.24) is 0 Å². The Balaban J connectivity index is 1.69. The standard InChI is InChI=1S/C12H18O4/c1-11(2)15-7-9(16-11)8-6-12(8)4-3-5-14-10(12)13/h8-9H,3-7H2,1-2H3/t8-,9+,12+/m0/s1. The molecular weight excluding hydrogens is 208 g/mol. The molecule has 2 heterocycles. The maximum atomic E-state index is 11.8. The Kier molecular flexibility index (Phi) is 2.11. The third-order valence-corrected chi connectivity index (χ3v) is 4.02. The molecule has 0 aromatic carbocycles. The first-order valence-electron chi connectivity index (χ1n) is 6.03. The largest absolute Gasteiger partial charge is 0.465 e. The number of ether oxygens (including phenoxy) is 3. The van der Waals surface area contributed by atoms with Crippen LogP contribution in [-0.2, 0) is 19.0 Å². The molecule has 0 aromatic heterocycles. The van der Waals surface area contributed by atoms with Gasteiger partial charge in [-0.05, 0) is 33.1 Å². The predicted octanol–water partition coefficient (Wildman–Crippen LogP) is 1.48. The summed E-state index contributed by atoms with van der Waals surface area (Å²) in [5.41, 5.74) is -0.229. The van der Waals surface area contributed by atoms with Gasteiger partial charge in [-0.1, -0.05) is 0 Å². The van der Waals surface area contributed by atoms with E-state index in [4.69, 9.17) is 14.2 Å². The average molecular weight is 226 g/mol. The molecule has 0 amide bonds. The van der Waals surface area contributed by atoms with Gasteiger partial charge in [-0.25, -0.2) is 0 Å². The molecule has 2 saturated heterocycles. The van der Waals surface area contributed by atoms with E-state index in [-0.39, 0.29) is 17.5 Å². The van der Waals surface area contributed by atoms with E-state index in [2.05, 4.69) is 0 Å². The molecule has 4 heteroatoms. The van der Waals surface area contributed by atoms with Crippen LogP contribution < -0.4 is 0 Å². The minimum Gasteiger partial charge on any atom is -0.465 e. The molecule has 0 radical (unpaired) electrons. The van der Waals surface area contributed by atoms with Gasteiger partial charge in [0.25, 0.3) is 0 Å².